The van der Waals surface area contributed by atoms with Crippen LogP contribution < -0.4 is 5.32 Å². The number of aliphatic hydroxyl groups is 1. The summed E-state index contributed by atoms with van der Waals surface area (Å²) in [4.78, 5) is 0. The molecule has 2 nitrogen and oxygen atoms in total. The molecule has 2 heteroatoms. The smallest absolute Gasteiger partial charge is 0.0965 e. The van der Waals surface area contributed by atoms with E-state index in [0.29, 0.717) is 11.8 Å². The van der Waals surface area contributed by atoms with Crippen LogP contribution in [-0.2, 0) is 5.60 Å². The van der Waals surface area contributed by atoms with Crippen molar-refractivity contribution in [2.24, 2.45) is 11.8 Å². The van der Waals surface area contributed by atoms with Crippen LogP contribution in [0.3, 0.4) is 0 Å². The summed E-state index contributed by atoms with van der Waals surface area (Å²) in [5.41, 5.74) is 0.515. The van der Waals surface area contributed by atoms with E-state index in [0.717, 1.165) is 25.1 Å². The minimum absolute atomic E-state index is 0.373. The number of nitrogens with one attached hydrogen (secondary N) is 1. The molecular weight excluding hydrogens is 234 g/mol. The van der Waals surface area contributed by atoms with Gasteiger partial charge in [0.15, 0.2) is 0 Å². The minimum Gasteiger partial charge on any atom is -0.385 e. The molecule has 3 rings (SSSR count). The molecule has 2 fully saturated rings. The molecule has 1 aromatic carbocycles. The molecule has 2 N–H and O–H groups in total. The number of hydrogen-bond donors (Lipinski definition) is 2. The Labute approximate surface area is 116 Å². The standard InChI is InChI=1S/C17H25NO/c19-17(16-11-12-18-13-16,14-7-3-1-4-8-14)15-9-5-2-6-10-15/h1,3-4,7-8,15-16,18-19H,2,5-6,9-13H2. The summed E-state index contributed by atoms with van der Waals surface area (Å²) in [7, 11) is 0. The Morgan fingerprint density at radius 1 is 0.947 bits per heavy atom. The lowest BCUT2D eigenvalue weighted by Crippen LogP contribution is -2.44. The summed E-state index contributed by atoms with van der Waals surface area (Å²) in [6.45, 7) is 2.01. The zero-order chi connectivity index (χ0) is 13.1. The van der Waals surface area contributed by atoms with Crippen molar-refractivity contribution in [2.75, 3.05) is 13.1 Å². The van der Waals surface area contributed by atoms with E-state index >= 15 is 0 Å². The van der Waals surface area contributed by atoms with Crippen LogP contribution in [0.4, 0.5) is 0 Å². The molecule has 0 radical (unpaired) electrons. The predicted molar refractivity (Wildman–Crippen MR) is 77.9 cm³/mol. The highest BCUT2D eigenvalue weighted by Crippen LogP contribution is 2.45. The van der Waals surface area contributed by atoms with Gasteiger partial charge in [0.1, 0.15) is 0 Å². The van der Waals surface area contributed by atoms with Crippen LogP contribution in [0, 0.1) is 11.8 Å². The van der Waals surface area contributed by atoms with E-state index in [4.69, 9.17) is 0 Å². The Balaban J connectivity index is 1.94. The van der Waals surface area contributed by atoms with E-state index in [-0.39, 0.29) is 0 Å². The Morgan fingerprint density at radius 3 is 2.32 bits per heavy atom. The molecule has 1 heterocycles. The van der Waals surface area contributed by atoms with Gasteiger partial charge in [-0.15, -0.1) is 0 Å². The SMILES string of the molecule is OC(c1ccccc1)(C1CCCCC1)C1CCNC1. The van der Waals surface area contributed by atoms with Gasteiger partial charge >= 0.3 is 0 Å². The fraction of sp³-hybridized carbons (Fsp3) is 0.647. The van der Waals surface area contributed by atoms with Gasteiger partial charge in [0.2, 0.25) is 0 Å². The van der Waals surface area contributed by atoms with Crippen LogP contribution in [0.2, 0.25) is 0 Å². The molecule has 2 aliphatic rings. The van der Waals surface area contributed by atoms with Crippen LogP contribution in [0.15, 0.2) is 30.3 Å². The first kappa shape index (κ1) is 13.1. The predicted octanol–water partition coefficient (Wildman–Crippen LogP) is 3.06. The van der Waals surface area contributed by atoms with Crippen LogP contribution in [-0.4, -0.2) is 18.2 Å². The van der Waals surface area contributed by atoms with Gasteiger partial charge in [-0.25, -0.2) is 0 Å². The van der Waals surface area contributed by atoms with E-state index in [1.807, 2.05) is 6.07 Å². The second-order valence-corrected chi connectivity index (χ2v) is 6.22. The topological polar surface area (TPSA) is 32.3 Å². The summed E-state index contributed by atoms with van der Waals surface area (Å²) >= 11 is 0. The maximum absolute atomic E-state index is 11.6. The molecule has 104 valence electrons. The molecule has 1 aliphatic carbocycles. The van der Waals surface area contributed by atoms with Crippen LogP contribution in [0.25, 0.3) is 0 Å². The lowest BCUT2D eigenvalue weighted by molar-refractivity contribution is -0.0825. The second-order valence-electron chi connectivity index (χ2n) is 6.22. The minimum atomic E-state index is -0.620. The quantitative estimate of drug-likeness (QED) is 0.874. The van der Waals surface area contributed by atoms with Crippen LogP contribution >= 0.6 is 0 Å². The molecule has 2 unspecified atom stereocenters. The van der Waals surface area contributed by atoms with Crippen molar-refractivity contribution in [3.05, 3.63) is 35.9 Å². The molecular formula is C17H25NO. The van der Waals surface area contributed by atoms with E-state index in [2.05, 4.69) is 29.6 Å². The summed E-state index contributed by atoms with van der Waals surface area (Å²) in [5.74, 6) is 0.812. The van der Waals surface area contributed by atoms with Crippen molar-refractivity contribution in [1.82, 2.24) is 5.32 Å². The van der Waals surface area contributed by atoms with Gasteiger partial charge in [0.25, 0.3) is 0 Å². The van der Waals surface area contributed by atoms with E-state index in [9.17, 15) is 5.11 Å². The highest BCUT2D eigenvalue weighted by molar-refractivity contribution is 5.25. The summed E-state index contributed by atoms with van der Waals surface area (Å²) in [6, 6.07) is 10.4. The van der Waals surface area contributed by atoms with Crippen molar-refractivity contribution in [3.63, 3.8) is 0 Å². The summed E-state index contributed by atoms with van der Waals surface area (Å²) in [5, 5.41) is 15.0. The molecule has 1 aliphatic heterocycles. The molecule has 0 spiro atoms. The number of benzene rings is 1. The van der Waals surface area contributed by atoms with Crippen molar-refractivity contribution < 1.29 is 5.11 Å². The second kappa shape index (κ2) is 5.64. The summed E-state index contributed by atoms with van der Waals surface area (Å²) in [6.07, 6.45) is 7.36. The van der Waals surface area contributed by atoms with Crippen molar-refractivity contribution in [2.45, 2.75) is 44.1 Å². The average molecular weight is 259 g/mol. The van der Waals surface area contributed by atoms with Gasteiger partial charge in [-0.05, 0) is 37.3 Å². The van der Waals surface area contributed by atoms with Gasteiger partial charge in [-0.1, -0.05) is 49.6 Å². The Bertz CT molecular complexity index is 393. The fourth-order valence-corrected chi connectivity index (χ4v) is 4.08. The monoisotopic (exact) mass is 259 g/mol. The lowest BCUT2D eigenvalue weighted by Gasteiger charge is -2.43. The van der Waals surface area contributed by atoms with Crippen LogP contribution in [0.5, 0.6) is 0 Å². The first-order valence-electron chi connectivity index (χ1n) is 7.80. The largest absolute Gasteiger partial charge is 0.385 e. The van der Waals surface area contributed by atoms with Gasteiger partial charge in [0.05, 0.1) is 5.60 Å². The van der Waals surface area contributed by atoms with E-state index in [1.165, 1.54) is 32.1 Å². The van der Waals surface area contributed by atoms with E-state index < -0.39 is 5.60 Å². The molecule has 19 heavy (non-hydrogen) atoms. The third kappa shape index (κ3) is 2.44. The van der Waals surface area contributed by atoms with Gasteiger partial charge in [-0.3, -0.25) is 0 Å². The maximum Gasteiger partial charge on any atom is 0.0965 e. The lowest BCUT2D eigenvalue weighted by atomic mass is 9.67. The van der Waals surface area contributed by atoms with Crippen molar-refractivity contribution in [1.29, 1.82) is 0 Å². The highest BCUT2D eigenvalue weighted by atomic mass is 16.3. The normalized spacial score (nSPS) is 28.2. The molecule has 1 saturated heterocycles. The Kier molecular flexibility index (Phi) is 3.90. The van der Waals surface area contributed by atoms with Crippen molar-refractivity contribution >= 4 is 0 Å². The Hall–Kier alpha value is -0.860. The van der Waals surface area contributed by atoms with Gasteiger partial charge in [0, 0.05) is 12.5 Å². The molecule has 0 aromatic heterocycles. The first-order chi connectivity index (χ1) is 9.32. The average Bonchev–Trinajstić information content (AvgIpc) is 3.03. The zero-order valence-electron chi connectivity index (χ0n) is 11.6. The number of rotatable bonds is 3. The zero-order valence-corrected chi connectivity index (χ0v) is 11.6. The maximum atomic E-state index is 11.6. The number of hydrogen-bond acceptors (Lipinski definition) is 2. The summed E-state index contributed by atoms with van der Waals surface area (Å²) < 4.78 is 0. The van der Waals surface area contributed by atoms with Gasteiger partial charge < -0.3 is 10.4 Å². The Morgan fingerprint density at radius 2 is 1.68 bits per heavy atom. The molecule has 1 saturated carbocycles. The molecule has 0 amide bonds. The third-order valence-corrected chi connectivity index (χ3v) is 5.15. The first-order valence-corrected chi connectivity index (χ1v) is 7.80. The fourth-order valence-electron chi connectivity index (χ4n) is 4.08. The highest BCUT2D eigenvalue weighted by Gasteiger charge is 2.45. The van der Waals surface area contributed by atoms with Crippen molar-refractivity contribution in [3.8, 4) is 0 Å². The molecule has 1 aromatic rings. The molecule has 0 bridgehead atoms. The molecule has 2 atom stereocenters. The third-order valence-electron chi connectivity index (χ3n) is 5.15. The van der Waals surface area contributed by atoms with E-state index in [1.54, 1.807) is 0 Å². The van der Waals surface area contributed by atoms with Crippen LogP contribution in [0.1, 0.15) is 44.1 Å². The van der Waals surface area contributed by atoms with Gasteiger partial charge in [-0.2, -0.15) is 0 Å².